The first kappa shape index (κ1) is 9.77. The molecule has 0 aliphatic rings. The van der Waals surface area contributed by atoms with Crippen molar-refractivity contribution in [2.45, 2.75) is 0 Å². The van der Waals surface area contributed by atoms with Crippen molar-refractivity contribution in [1.29, 1.82) is 0 Å². The van der Waals surface area contributed by atoms with Crippen molar-refractivity contribution in [3.8, 4) is 11.6 Å². The minimum Gasteiger partial charge on any atom is -0.434 e. The average Bonchev–Trinajstić information content (AvgIpc) is 2.75. The summed E-state index contributed by atoms with van der Waals surface area (Å²) in [5.41, 5.74) is 0.904. The van der Waals surface area contributed by atoms with Gasteiger partial charge in [-0.2, -0.15) is 4.98 Å². The molecule has 0 aromatic carbocycles. The van der Waals surface area contributed by atoms with Crippen LogP contribution in [0.1, 0.15) is 0 Å². The molecule has 5 nitrogen and oxygen atoms in total. The first-order chi connectivity index (χ1) is 8.25. The van der Waals surface area contributed by atoms with Crippen LogP contribution in [0.3, 0.4) is 0 Å². The number of pyridine rings is 1. The van der Waals surface area contributed by atoms with Crippen LogP contribution in [-0.2, 0) is 7.05 Å². The van der Waals surface area contributed by atoms with Gasteiger partial charge < -0.3 is 8.98 Å². The van der Waals surface area contributed by atoms with Gasteiger partial charge in [0, 0.05) is 19.4 Å². The van der Waals surface area contributed by atoms with Gasteiger partial charge in [0.2, 0.25) is 5.89 Å². The molecule has 0 N–H and O–H groups in total. The van der Waals surface area contributed by atoms with Crippen molar-refractivity contribution in [3.63, 3.8) is 0 Å². The summed E-state index contributed by atoms with van der Waals surface area (Å²) < 4.78 is 7.41. The normalized spacial score (nSPS) is 10.9. The SMILES string of the molecule is Cn1cccc1-c1nc(=O)c2ccncc2o1. The molecule has 0 atom stereocenters. The number of fused-ring (bicyclic) bond motifs is 1. The van der Waals surface area contributed by atoms with E-state index < -0.39 is 0 Å². The molecule has 0 saturated carbocycles. The maximum absolute atomic E-state index is 11.8. The fraction of sp³-hybridized carbons (Fsp3) is 0.0833. The van der Waals surface area contributed by atoms with Crippen LogP contribution in [0.2, 0.25) is 0 Å². The quantitative estimate of drug-likeness (QED) is 0.633. The van der Waals surface area contributed by atoms with Gasteiger partial charge in [-0.05, 0) is 18.2 Å². The molecule has 0 saturated heterocycles. The van der Waals surface area contributed by atoms with Crippen molar-refractivity contribution >= 4 is 11.0 Å². The Balaban J connectivity index is 2.33. The van der Waals surface area contributed by atoms with Gasteiger partial charge in [-0.25, -0.2) is 0 Å². The molecule has 0 bridgehead atoms. The third-order valence-corrected chi connectivity index (χ3v) is 2.59. The zero-order chi connectivity index (χ0) is 11.8. The first-order valence-electron chi connectivity index (χ1n) is 5.12. The molecule has 3 aromatic rings. The zero-order valence-corrected chi connectivity index (χ0v) is 9.12. The highest BCUT2D eigenvalue weighted by Crippen LogP contribution is 2.18. The molecule has 0 unspecified atom stereocenters. The summed E-state index contributed by atoms with van der Waals surface area (Å²) in [5, 5.41) is 0.443. The van der Waals surface area contributed by atoms with E-state index >= 15 is 0 Å². The van der Waals surface area contributed by atoms with Crippen LogP contribution in [-0.4, -0.2) is 14.5 Å². The lowest BCUT2D eigenvalue weighted by Crippen LogP contribution is -2.08. The third-order valence-electron chi connectivity index (χ3n) is 2.59. The Labute approximate surface area is 96.4 Å². The lowest BCUT2D eigenvalue weighted by molar-refractivity contribution is 0.586. The summed E-state index contributed by atoms with van der Waals surface area (Å²) in [7, 11) is 1.87. The third kappa shape index (κ3) is 1.52. The molecule has 0 radical (unpaired) electrons. The van der Waals surface area contributed by atoms with Gasteiger partial charge in [0.15, 0.2) is 5.58 Å². The number of aromatic nitrogens is 3. The van der Waals surface area contributed by atoms with Gasteiger partial charge in [-0.3, -0.25) is 9.78 Å². The van der Waals surface area contributed by atoms with E-state index in [1.807, 2.05) is 29.9 Å². The first-order valence-corrected chi connectivity index (χ1v) is 5.12. The summed E-state index contributed by atoms with van der Waals surface area (Å²) >= 11 is 0. The maximum Gasteiger partial charge on any atom is 0.284 e. The van der Waals surface area contributed by atoms with Gasteiger partial charge in [0.25, 0.3) is 5.56 Å². The topological polar surface area (TPSA) is 60.9 Å². The fourth-order valence-electron chi connectivity index (χ4n) is 1.71. The zero-order valence-electron chi connectivity index (χ0n) is 9.12. The van der Waals surface area contributed by atoms with E-state index in [-0.39, 0.29) is 5.56 Å². The smallest absolute Gasteiger partial charge is 0.284 e. The molecule has 17 heavy (non-hydrogen) atoms. The molecule has 84 valence electrons. The Kier molecular flexibility index (Phi) is 2.04. The van der Waals surface area contributed by atoms with Gasteiger partial charge in [-0.15, -0.1) is 0 Å². The number of hydrogen-bond acceptors (Lipinski definition) is 4. The van der Waals surface area contributed by atoms with Crippen LogP contribution in [0.15, 0.2) is 46.0 Å². The van der Waals surface area contributed by atoms with Gasteiger partial charge in [-0.1, -0.05) is 0 Å². The second-order valence-electron chi connectivity index (χ2n) is 3.70. The molecule has 0 spiro atoms. The molecular weight excluding hydrogens is 218 g/mol. The standard InChI is InChI=1S/C12H9N3O2/c1-15-6-2-3-9(15)12-14-11(16)8-4-5-13-7-10(8)17-12/h2-7H,1H3. The Morgan fingerprint density at radius 1 is 1.35 bits per heavy atom. The van der Waals surface area contributed by atoms with E-state index in [9.17, 15) is 4.79 Å². The highest BCUT2D eigenvalue weighted by atomic mass is 16.3. The molecule has 0 amide bonds. The Bertz CT molecular complexity index is 743. The summed E-state index contributed by atoms with van der Waals surface area (Å²) in [5.74, 6) is 0.308. The van der Waals surface area contributed by atoms with Crippen molar-refractivity contribution in [3.05, 3.63) is 47.1 Å². The highest BCUT2D eigenvalue weighted by Gasteiger charge is 2.10. The largest absolute Gasteiger partial charge is 0.434 e. The van der Waals surface area contributed by atoms with E-state index in [0.29, 0.717) is 16.9 Å². The van der Waals surface area contributed by atoms with Crippen LogP contribution in [0, 0.1) is 0 Å². The van der Waals surface area contributed by atoms with Crippen LogP contribution in [0.25, 0.3) is 22.6 Å². The van der Waals surface area contributed by atoms with Crippen molar-refractivity contribution in [2.75, 3.05) is 0 Å². The van der Waals surface area contributed by atoms with E-state index in [1.54, 1.807) is 12.3 Å². The van der Waals surface area contributed by atoms with Crippen molar-refractivity contribution in [1.82, 2.24) is 14.5 Å². The monoisotopic (exact) mass is 227 g/mol. The summed E-state index contributed by atoms with van der Waals surface area (Å²) in [6.07, 6.45) is 4.93. The van der Waals surface area contributed by atoms with Gasteiger partial charge in [0.05, 0.1) is 11.6 Å². The van der Waals surface area contributed by atoms with Crippen LogP contribution < -0.4 is 5.56 Å². The minimum atomic E-state index is -0.301. The molecule has 3 rings (SSSR count). The number of rotatable bonds is 1. The van der Waals surface area contributed by atoms with Crippen molar-refractivity contribution in [2.24, 2.45) is 7.05 Å². The highest BCUT2D eigenvalue weighted by molar-refractivity contribution is 5.75. The molecule has 3 heterocycles. The summed E-state index contributed by atoms with van der Waals surface area (Å²) in [6, 6.07) is 5.31. The molecular formula is C12H9N3O2. The van der Waals surface area contributed by atoms with E-state index in [0.717, 1.165) is 5.69 Å². The molecule has 3 aromatic heterocycles. The molecule has 0 fully saturated rings. The lowest BCUT2D eigenvalue weighted by atomic mass is 10.3. The Hall–Kier alpha value is -2.43. The second-order valence-corrected chi connectivity index (χ2v) is 3.70. The Morgan fingerprint density at radius 3 is 3.00 bits per heavy atom. The summed E-state index contributed by atoms with van der Waals surface area (Å²) in [4.78, 5) is 19.7. The average molecular weight is 227 g/mol. The lowest BCUT2D eigenvalue weighted by Gasteiger charge is -2.02. The summed E-state index contributed by atoms with van der Waals surface area (Å²) in [6.45, 7) is 0. The predicted octanol–water partition coefficient (Wildman–Crippen LogP) is 1.59. The molecule has 0 aliphatic heterocycles. The maximum atomic E-state index is 11.8. The number of nitrogens with zero attached hydrogens (tertiary/aromatic N) is 3. The number of hydrogen-bond donors (Lipinski definition) is 0. The Morgan fingerprint density at radius 2 is 2.24 bits per heavy atom. The van der Waals surface area contributed by atoms with Crippen LogP contribution >= 0.6 is 0 Å². The molecule has 5 heteroatoms. The van der Waals surface area contributed by atoms with E-state index in [2.05, 4.69) is 9.97 Å². The van der Waals surface area contributed by atoms with Crippen molar-refractivity contribution < 1.29 is 4.42 Å². The fourth-order valence-corrected chi connectivity index (χ4v) is 1.71. The van der Waals surface area contributed by atoms with Gasteiger partial charge in [0.1, 0.15) is 5.69 Å². The van der Waals surface area contributed by atoms with E-state index in [1.165, 1.54) is 6.20 Å². The molecule has 0 aliphatic carbocycles. The van der Waals surface area contributed by atoms with E-state index in [4.69, 9.17) is 4.42 Å². The number of aryl methyl sites for hydroxylation is 1. The predicted molar refractivity (Wildman–Crippen MR) is 62.5 cm³/mol. The minimum absolute atomic E-state index is 0.301. The second kappa shape index (κ2) is 3.55. The van der Waals surface area contributed by atoms with Crippen LogP contribution in [0.4, 0.5) is 0 Å². The van der Waals surface area contributed by atoms with Gasteiger partial charge >= 0.3 is 0 Å². The van der Waals surface area contributed by atoms with Crippen LogP contribution in [0.5, 0.6) is 0 Å².